The first kappa shape index (κ1) is 12.6. The number of nitrogens with two attached hydrogens (primary N) is 1. The van der Waals surface area contributed by atoms with Crippen molar-refractivity contribution in [2.45, 2.75) is 0 Å². The molecule has 17 heavy (non-hydrogen) atoms. The number of hydrogen-bond donors (Lipinski definition) is 2. The first-order valence-electron chi connectivity index (χ1n) is 4.56. The summed E-state index contributed by atoms with van der Waals surface area (Å²) in [7, 11) is 0. The molecule has 0 atom stereocenters. The van der Waals surface area contributed by atoms with Gasteiger partial charge in [-0.3, -0.25) is 0 Å². The molecule has 1 aromatic carbocycles. The predicted octanol–water partition coefficient (Wildman–Crippen LogP) is 3.98. The van der Waals surface area contributed by atoms with Gasteiger partial charge < -0.3 is 11.1 Å². The van der Waals surface area contributed by atoms with Crippen LogP contribution < -0.4 is 11.1 Å². The molecule has 2 aromatic rings. The highest BCUT2D eigenvalue weighted by Crippen LogP contribution is 2.31. The van der Waals surface area contributed by atoms with Crippen LogP contribution in [0.15, 0.2) is 33.5 Å². The Bertz CT molecular complexity index is 562. The van der Waals surface area contributed by atoms with Crippen LogP contribution in [0.2, 0.25) is 5.02 Å². The van der Waals surface area contributed by atoms with E-state index < -0.39 is 0 Å². The van der Waals surface area contributed by atoms with Crippen LogP contribution in [-0.4, -0.2) is 9.97 Å². The molecule has 0 fully saturated rings. The van der Waals surface area contributed by atoms with Gasteiger partial charge in [0.15, 0.2) is 0 Å². The van der Waals surface area contributed by atoms with E-state index in [1.807, 2.05) is 6.07 Å². The number of rotatable bonds is 2. The zero-order chi connectivity index (χ0) is 12.4. The van der Waals surface area contributed by atoms with Gasteiger partial charge in [0.1, 0.15) is 22.4 Å². The number of nitrogens with zero attached hydrogens (tertiary/aromatic N) is 2. The lowest BCUT2D eigenvalue weighted by atomic mass is 10.3. The number of halogens is 3. The Morgan fingerprint density at radius 2 is 2.00 bits per heavy atom. The average Bonchev–Trinajstić information content (AvgIpc) is 2.28. The van der Waals surface area contributed by atoms with Crippen LogP contribution in [0.4, 0.5) is 17.3 Å². The van der Waals surface area contributed by atoms with Crippen molar-refractivity contribution in [3.05, 3.63) is 38.5 Å². The highest BCUT2D eigenvalue weighted by Gasteiger charge is 2.08. The summed E-state index contributed by atoms with van der Waals surface area (Å²) in [5.41, 5.74) is 6.51. The van der Waals surface area contributed by atoms with Crippen molar-refractivity contribution in [1.82, 2.24) is 9.97 Å². The van der Waals surface area contributed by atoms with E-state index in [0.29, 0.717) is 21.1 Å². The van der Waals surface area contributed by atoms with Gasteiger partial charge >= 0.3 is 0 Å². The number of nitrogen functional groups attached to an aromatic ring is 1. The van der Waals surface area contributed by atoms with Crippen LogP contribution in [0.5, 0.6) is 0 Å². The van der Waals surface area contributed by atoms with Crippen molar-refractivity contribution in [2.24, 2.45) is 0 Å². The van der Waals surface area contributed by atoms with E-state index >= 15 is 0 Å². The maximum Gasteiger partial charge on any atom is 0.150 e. The third-order valence-corrected chi connectivity index (χ3v) is 3.67. The summed E-state index contributed by atoms with van der Waals surface area (Å²) >= 11 is 12.6. The van der Waals surface area contributed by atoms with E-state index in [2.05, 4.69) is 47.1 Å². The van der Waals surface area contributed by atoms with Gasteiger partial charge in [-0.05, 0) is 50.1 Å². The molecule has 0 bridgehead atoms. The van der Waals surface area contributed by atoms with E-state index in [4.69, 9.17) is 17.3 Å². The summed E-state index contributed by atoms with van der Waals surface area (Å²) in [5, 5.41) is 3.78. The minimum absolute atomic E-state index is 0.382. The molecule has 0 aliphatic carbocycles. The van der Waals surface area contributed by atoms with Crippen LogP contribution in [0.1, 0.15) is 0 Å². The molecule has 1 aromatic heterocycles. The summed E-state index contributed by atoms with van der Waals surface area (Å²) in [5.74, 6) is 0.980. The summed E-state index contributed by atoms with van der Waals surface area (Å²) in [6.07, 6.45) is 1.40. The molecule has 3 N–H and O–H groups in total. The molecule has 2 rings (SSSR count). The molecule has 0 aliphatic rings. The second-order valence-electron chi connectivity index (χ2n) is 3.17. The Balaban J connectivity index is 2.35. The minimum Gasteiger partial charge on any atom is -0.383 e. The van der Waals surface area contributed by atoms with E-state index in [1.54, 1.807) is 12.1 Å². The van der Waals surface area contributed by atoms with E-state index in [9.17, 15) is 0 Å². The maximum absolute atomic E-state index is 5.86. The monoisotopic (exact) mass is 376 g/mol. The topological polar surface area (TPSA) is 63.8 Å². The highest BCUT2D eigenvalue weighted by molar-refractivity contribution is 9.11. The largest absolute Gasteiger partial charge is 0.383 e. The normalized spacial score (nSPS) is 10.3. The van der Waals surface area contributed by atoms with E-state index in [0.717, 1.165) is 10.2 Å². The second kappa shape index (κ2) is 5.20. The van der Waals surface area contributed by atoms with Gasteiger partial charge in [0.05, 0.1) is 5.69 Å². The third-order valence-electron chi connectivity index (χ3n) is 2.00. The molecule has 7 heteroatoms. The van der Waals surface area contributed by atoms with Gasteiger partial charge in [0.25, 0.3) is 0 Å². The number of anilines is 3. The molecule has 88 valence electrons. The lowest BCUT2D eigenvalue weighted by Crippen LogP contribution is -2.00. The Labute approximate surface area is 120 Å². The standard InChI is InChI=1S/C10H7Br2ClN4/c11-6-3-5(13)1-2-7(6)17-10-8(12)9(14)15-4-16-10/h1-4H,(H3,14,15,16,17). The molecule has 0 saturated carbocycles. The van der Waals surface area contributed by atoms with Crippen LogP contribution in [0, 0.1) is 0 Å². The molecule has 1 heterocycles. The first-order valence-corrected chi connectivity index (χ1v) is 6.52. The summed E-state index contributed by atoms with van der Waals surface area (Å²) in [4.78, 5) is 7.96. The number of aromatic nitrogens is 2. The first-order chi connectivity index (χ1) is 8.08. The Morgan fingerprint density at radius 3 is 2.71 bits per heavy atom. The summed E-state index contributed by atoms with van der Waals surface area (Å²) < 4.78 is 1.47. The minimum atomic E-state index is 0.382. The number of hydrogen-bond acceptors (Lipinski definition) is 4. The molecule has 0 saturated heterocycles. The molecule has 4 nitrogen and oxygen atoms in total. The van der Waals surface area contributed by atoms with Crippen LogP contribution in [0.3, 0.4) is 0 Å². The maximum atomic E-state index is 5.86. The molecule has 0 spiro atoms. The quantitative estimate of drug-likeness (QED) is 0.830. The lowest BCUT2D eigenvalue weighted by molar-refractivity contribution is 1.16. The second-order valence-corrected chi connectivity index (χ2v) is 5.25. The van der Waals surface area contributed by atoms with Gasteiger partial charge in [0.2, 0.25) is 0 Å². The molecule has 0 aliphatic heterocycles. The van der Waals surface area contributed by atoms with E-state index in [1.165, 1.54) is 6.33 Å². The average molecular weight is 378 g/mol. The fourth-order valence-electron chi connectivity index (χ4n) is 1.19. The predicted molar refractivity (Wildman–Crippen MR) is 76.6 cm³/mol. The van der Waals surface area contributed by atoms with Gasteiger partial charge in [-0.25, -0.2) is 9.97 Å². The van der Waals surface area contributed by atoms with Crippen LogP contribution in [-0.2, 0) is 0 Å². The van der Waals surface area contributed by atoms with Crippen molar-refractivity contribution >= 4 is 60.8 Å². The van der Waals surface area contributed by atoms with Crippen LogP contribution >= 0.6 is 43.5 Å². The van der Waals surface area contributed by atoms with Gasteiger partial charge in [-0.15, -0.1) is 0 Å². The molecule has 0 unspecified atom stereocenters. The Morgan fingerprint density at radius 1 is 1.24 bits per heavy atom. The van der Waals surface area contributed by atoms with Crippen molar-refractivity contribution in [3.8, 4) is 0 Å². The molecule has 0 radical (unpaired) electrons. The van der Waals surface area contributed by atoms with Crippen molar-refractivity contribution in [2.75, 3.05) is 11.1 Å². The molecular formula is C10H7Br2ClN4. The smallest absolute Gasteiger partial charge is 0.150 e. The highest BCUT2D eigenvalue weighted by atomic mass is 79.9. The molecular weight excluding hydrogens is 371 g/mol. The Hall–Kier alpha value is -0.850. The van der Waals surface area contributed by atoms with Crippen molar-refractivity contribution in [1.29, 1.82) is 0 Å². The molecule has 0 amide bonds. The van der Waals surface area contributed by atoms with Crippen molar-refractivity contribution in [3.63, 3.8) is 0 Å². The third kappa shape index (κ3) is 2.88. The fourth-order valence-corrected chi connectivity index (χ4v) is 2.27. The fraction of sp³-hybridized carbons (Fsp3) is 0. The van der Waals surface area contributed by atoms with E-state index in [-0.39, 0.29) is 0 Å². The van der Waals surface area contributed by atoms with Crippen molar-refractivity contribution < 1.29 is 0 Å². The SMILES string of the molecule is Nc1ncnc(Nc2ccc(Cl)cc2Br)c1Br. The van der Waals surface area contributed by atoms with Crippen LogP contribution in [0.25, 0.3) is 0 Å². The lowest BCUT2D eigenvalue weighted by Gasteiger charge is -2.10. The van der Waals surface area contributed by atoms with Gasteiger partial charge in [-0.1, -0.05) is 11.6 Å². The van der Waals surface area contributed by atoms with Gasteiger partial charge in [0, 0.05) is 9.50 Å². The summed E-state index contributed by atoms with van der Waals surface area (Å²) in [6.45, 7) is 0. The zero-order valence-electron chi connectivity index (χ0n) is 8.42. The summed E-state index contributed by atoms with van der Waals surface area (Å²) in [6, 6.07) is 5.42. The Kier molecular flexibility index (Phi) is 3.86. The number of benzene rings is 1. The zero-order valence-corrected chi connectivity index (χ0v) is 12.3. The van der Waals surface area contributed by atoms with Gasteiger partial charge in [-0.2, -0.15) is 0 Å². The number of nitrogens with one attached hydrogen (secondary N) is 1.